The van der Waals surface area contributed by atoms with Crippen molar-refractivity contribution in [1.29, 1.82) is 5.26 Å². The molecule has 0 spiro atoms. The Morgan fingerprint density at radius 3 is 2.86 bits per heavy atom. The standard InChI is InChI=1S/C12H22N2/c1-3-12-5-4-9-14(10-7-12)11(2)6-8-13/h11-12H,3-7,9-10H2,1-2H3. The van der Waals surface area contributed by atoms with Crippen LogP contribution in [0.4, 0.5) is 0 Å². The Morgan fingerprint density at radius 2 is 2.21 bits per heavy atom. The van der Waals surface area contributed by atoms with Crippen molar-refractivity contribution in [2.75, 3.05) is 13.1 Å². The summed E-state index contributed by atoms with van der Waals surface area (Å²) in [6.45, 7) is 6.86. The van der Waals surface area contributed by atoms with Crippen molar-refractivity contribution in [2.24, 2.45) is 5.92 Å². The molecule has 2 heteroatoms. The molecule has 0 aromatic heterocycles. The normalized spacial score (nSPS) is 26.5. The van der Waals surface area contributed by atoms with Gasteiger partial charge in [0.25, 0.3) is 0 Å². The molecule has 0 aromatic carbocycles. The minimum atomic E-state index is 0.454. The SMILES string of the molecule is CCC1CCCN(C(C)CC#N)CC1. The van der Waals surface area contributed by atoms with Crippen LogP contribution in [0.3, 0.4) is 0 Å². The molecular formula is C12H22N2. The van der Waals surface area contributed by atoms with Crippen molar-refractivity contribution in [3.63, 3.8) is 0 Å². The fraction of sp³-hybridized carbons (Fsp3) is 0.917. The molecule has 0 radical (unpaired) electrons. The summed E-state index contributed by atoms with van der Waals surface area (Å²) in [4.78, 5) is 2.48. The first kappa shape index (κ1) is 11.5. The minimum Gasteiger partial charge on any atom is -0.300 e. The van der Waals surface area contributed by atoms with Gasteiger partial charge in [-0.25, -0.2) is 0 Å². The lowest BCUT2D eigenvalue weighted by Crippen LogP contribution is -2.33. The van der Waals surface area contributed by atoms with E-state index >= 15 is 0 Å². The van der Waals surface area contributed by atoms with Crippen molar-refractivity contribution < 1.29 is 0 Å². The maximum Gasteiger partial charge on any atom is 0.0638 e. The summed E-state index contributed by atoms with van der Waals surface area (Å²) in [7, 11) is 0. The lowest BCUT2D eigenvalue weighted by Gasteiger charge is -2.25. The van der Waals surface area contributed by atoms with Crippen LogP contribution in [-0.2, 0) is 0 Å². The lowest BCUT2D eigenvalue weighted by molar-refractivity contribution is 0.216. The highest BCUT2D eigenvalue weighted by molar-refractivity contribution is 4.81. The van der Waals surface area contributed by atoms with Crippen molar-refractivity contribution in [3.05, 3.63) is 0 Å². The third-order valence-corrected chi connectivity index (χ3v) is 3.47. The first-order valence-corrected chi connectivity index (χ1v) is 5.89. The molecule has 14 heavy (non-hydrogen) atoms. The average molecular weight is 194 g/mol. The molecule has 2 atom stereocenters. The predicted octanol–water partition coefficient (Wildman–Crippen LogP) is 2.80. The Kier molecular flexibility index (Phi) is 4.97. The predicted molar refractivity (Wildman–Crippen MR) is 58.9 cm³/mol. The fourth-order valence-corrected chi connectivity index (χ4v) is 2.30. The summed E-state index contributed by atoms with van der Waals surface area (Å²) >= 11 is 0. The molecule has 0 saturated carbocycles. The summed E-state index contributed by atoms with van der Waals surface area (Å²) in [5, 5.41) is 8.66. The first-order valence-electron chi connectivity index (χ1n) is 5.89. The Hall–Kier alpha value is -0.550. The van der Waals surface area contributed by atoms with E-state index in [1.807, 2.05) is 0 Å². The van der Waals surface area contributed by atoms with Gasteiger partial charge >= 0.3 is 0 Å². The summed E-state index contributed by atoms with van der Waals surface area (Å²) < 4.78 is 0. The minimum absolute atomic E-state index is 0.454. The smallest absolute Gasteiger partial charge is 0.0638 e. The summed E-state index contributed by atoms with van der Waals surface area (Å²) in [5.41, 5.74) is 0. The topological polar surface area (TPSA) is 27.0 Å². The molecule has 1 rings (SSSR count). The molecule has 80 valence electrons. The highest BCUT2D eigenvalue weighted by Gasteiger charge is 2.19. The maximum absolute atomic E-state index is 8.66. The van der Waals surface area contributed by atoms with Crippen molar-refractivity contribution in [1.82, 2.24) is 4.90 Å². The van der Waals surface area contributed by atoms with Crippen LogP contribution in [0.25, 0.3) is 0 Å². The molecule has 0 N–H and O–H groups in total. The number of rotatable bonds is 3. The van der Waals surface area contributed by atoms with Crippen LogP contribution in [-0.4, -0.2) is 24.0 Å². The Morgan fingerprint density at radius 1 is 1.43 bits per heavy atom. The second kappa shape index (κ2) is 6.03. The molecular weight excluding hydrogens is 172 g/mol. The van der Waals surface area contributed by atoms with E-state index in [9.17, 15) is 0 Å². The Labute approximate surface area is 87.9 Å². The average Bonchev–Trinajstić information content (AvgIpc) is 2.42. The zero-order chi connectivity index (χ0) is 10.4. The molecule has 0 aromatic rings. The second-order valence-corrected chi connectivity index (χ2v) is 4.45. The molecule has 0 aliphatic carbocycles. The van der Waals surface area contributed by atoms with Gasteiger partial charge in [-0.2, -0.15) is 5.26 Å². The molecule has 2 nitrogen and oxygen atoms in total. The van der Waals surface area contributed by atoms with Crippen LogP contribution < -0.4 is 0 Å². The van der Waals surface area contributed by atoms with E-state index in [0.29, 0.717) is 12.5 Å². The Bertz CT molecular complexity index is 195. The van der Waals surface area contributed by atoms with Crippen LogP contribution in [0.5, 0.6) is 0 Å². The van der Waals surface area contributed by atoms with Crippen molar-refractivity contribution in [2.45, 2.75) is 52.0 Å². The Balaban J connectivity index is 2.38. The molecule has 0 amide bonds. The maximum atomic E-state index is 8.66. The molecule has 1 saturated heterocycles. The molecule has 1 aliphatic rings. The van der Waals surface area contributed by atoms with Crippen molar-refractivity contribution >= 4 is 0 Å². The van der Waals surface area contributed by atoms with Gasteiger partial charge < -0.3 is 0 Å². The molecule has 1 heterocycles. The van der Waals surface area contributed by atoms with Crippen LogP contribution in [0.2, 0.25) is 0 Å². The van der Waals surface area contributed by atoms with Gasteiger partial charge in [0.15, 0.2) is 0 Å². The van der Waals surface area contributed by atoms with Gasteiger partial charge in [-0.3, -0.25) is 4.90 Å². The van der Waals surface area contributed by atoms with Gasteiger partial charge in [-0.15, -0.1) is 0 Å². The third kappa shape index (κ3) is 3.31. The van der Waals surface area contributed by atoms with E-state index in [-0.39, 0.29) is 0 Å². The fourth-order valence-electron chi connectivity index (χ4n) is 2.30. The van der Waals surface area contributed by atoms with Gasteiger partial charge in [-0.05, 0) is 45.2 Å². The van der Waals surface area contributed by atoms with E-state index in [1.165, 1.54) is 38.8 Å². The number of nitriles is 1. The third-order valence-electron chi connectivity index (χ3n) is 3.47. The zero-order valence-corrected chi connectivity index (χ0v) is 9.50. The van der Waals surface area contributed by atoms with Crippen LogP contribution in [0.15, 0.2) is 0 Å². The summed E-state index contributed by atoms with van der Waals surface area (Å²) in [6, 6.07) is 2.72. The van der Waals surface area contributed by atoms with E-state index in [4.69, 9.17) is 5.26 Å². The molecule has 1 fully saturated rings. The highest BCUT2D eigenvalue weighted by atomic mass is 15.1. The largest absolute Gasteiger partial charge is 0.300 e. The molecule has 2 unspecified atom stereocenters. The van der Waals surface area contributed by atoms with Crippen LogP contribution >= 0.6 is 0 Å². The van der Waals surface area contributed by atoms with E-state index in [2.05, 4.69) is 24.8 Å². The highest BCUT2D eigenvalue weighted by Crippen LogP contribution is 2.21. The molecule has 0 bridgehead atoms. The van der Waals surface area contributed by atoms with Gasteiger partial charge in [-0.1, -0.05) is 13.3 Å². The first-order chi connectivity index (χ1) is 6.77. The van der Waals surface area contributed by atoms with Crippen molar-refractivity contribution in [3.8, 4) is 6.07 Å². The van der Waals surface area contributed by atoms with Crippen LogP contribution in [0.1, 0.15) is 46.0 Å². The monoisotopic (exact) mass is 194 g/mol. The van der Waals surface area contributed by atoms with E-state index in [1.54, 1.807) is 0 Å². The zero-order valence-electron chi connectivity index (χ0n) is 9.50. The quantitative estimate of drug-likeness (QED) is 0.690. The second-order valence-electron chi connectivity index (χ2n) is 4.45. The summed E-state index contributed by atoms with van der Waals surface area (Å²) in [6.07, 6.45) is 6.02. The van der Waals surface area contributed by atoms with Crippen LogP contribution in [0, 0.1) is 17.2 Å². The van der Waals surface area contributed by atoms with Gasteiger partial charge in [0, 0.05) is 6.04 Å². The molecule has 1 aliphatic heterocycles. The van der Waals surface area contributed by atoms with Gasteiger partial charge in [0.1, 0.15) is 0 Å². The summed E-state index contributed by atoms with van der Waals surface area (Å²) in [5.74, 6) is 0.925. The number of nitrogens with zero attached hydrogens (tertiary/aromatic N) is 2. The number of hydrogen-bond acceptors (Lipinski definition) is 2. The lowest BCUT2D eigenvalue weighted by atomic mass is 9.98. The number of hydrogen-bond donors (Lipinski definition) is 0. The van der Waals surface area contributed by atoms with E-state index in [0.717, 1.165) is 5.92 Å². The number of likely N-dealkylation sites (tertiary alicyclic amines) is 1. The van der Waals surface area contributed by atoms with E-state index < -0.39 is 0 Å². The van der Waals surface area contributed by atoms with Gasteiger partial charge in [0.2, 0.25) is 0 Å². The van der Waals surface area contributed by atoms with Gasteiger partial charge in [0.05, 0.1) is 12.5 Å².